The summed E-state index contributed by atoms with van der Waals surface area (Å²) >= 11 is 5.91. The maximum Gasteiger partial charge on any atom is 0.282 e. The summed E-state index contributed by atoms with van der Waals surface area (Å²) in [5.74, 6) is 0.985. The number of nitrogens with zero attached hydrogens (tertiary/aromatic N) is 2. The minimum absolute atomic E-state index is 0.207. The molecule has 4 nitrogen and oxygen atoms in total. The summed E-state index contributed by atoms with van der Waals surface area (Å²) in [5, 5.41) is 4.75. The largest absolute Gasteiger partial charge is 0.333 e. The predicted molar refractivity (Wildman–Crippen MR) is 92.5 cm³/mol. The highest BCUT2D eigenvalue weighted by Crippen LogP contribution is 2.19. The van der Waals surface area contributed by atoms with E-state index in [1.54, 1.807) is 0 Å². The van der Waals surface area contributed by atoms with Gasteiger partial charge >= 0.3 is 0 Å². The summed E-state index contributed by atoms with van der Waals surface area (Å²) in [6, 6.07) is 14.7. The molecule has 1 atom stereocenters. The van der Waals surface area contributed by atoms with Crippen molar-refractivity contribution < 1.29 is 13.8 Å². The lowest BCUT2D eigenvalue weighted by Crippen LogP contribution is -3.10. The van der Waals surface area contributed by atoms with Crippen LogP contribution in [0, 0.1) is 5.82 Å². The Kier molecular flexibility index (Phi) is 4.51. The van der Waals surface area contributed by atoms with Crippen LogP contribution in [-0.2, 0) is 13.1 Å². The van der Waals surface area contributed by atoms with E-state index in [1.165, 1.54) is 29.9 Å². The third-order valence-corrected chi connectivity index (χ3v) is 4.70. The van der Waals surface area contributed by atoms with Crippen molar-refractivity contribution in [2.75, 3.05) is 0 Å². The van der Waals surface area contributed by atoms with Gasteiger partial charge in [-0.2, -0.15) is 4.98 Å². The van der Waals surface area contributed by atoms with Crippen molar-refractivity contribution in [2.45, 2.75) is 32.0 Å². The molecule has 4 rings (SSSR count). The van der Waals surface area contributed by atoms with Gasteiger partial charge in [-0.05, 0) is 36.4 Å². The molecule has 25 heavy (non-hydrogen) atoms. The molecule has 2 aromatic carbocycles. The maximum atomic E-state index is 13.1. The van der Waals surface area contributed by atoms with E-state index in [0.29, 0.717) is 29.3 Å². The standard InChI is InChI=1S/C19H17ClFN3O/c20-15-5-3-14(4-6-15)19-22-18(25-23-19)12-24(17-9-10-17)11-13-1-7-16(21)8-2-13/h1-8,17H,9-12H2/p+1. The SMILES string of the molecule is Fc1ccc(C[NH+](Cc2nc(-c3ccc(Cl)cc3)no2)C2CC2)cc1. The van der Waals surface area contributed by atoms with E-state index in [4.69, 9.17) is 16.1 Å². The monoisotopic (exact) mass is 358 g/mol. The first-order valence-electron chi connectivity index (χ1n) is 8.35. The lowest BCUT2D eigenvalue weighted by molar-refractivity contribution is -0.939. The molecule has 1 saturated carbocycles. The molecule has 1 unspecified atom stereocenters. The fourth-order valence-electron chi connectivity index (χ4n) is 2.94. The molecule has 1 aromatic heterocycles. The quantitative estimate of drug-likeness (QED) is 0.735. The Morgan fingerprint density at radius 3 is 2.44 bits per heavy atom. The number of benzene rings is 2. The molecular weight excluding hydrogens is 341 g/mol. The van der Waals surface area contributed by atoms with Crippen LogP contribution in [0.15, 0.2) is 53.1 Å². The highest BCUT2D eigenvalue weighted by molar-refractivity contribution is 6.30. The molecule has 1 fully saturated rings. The average molecular weight is 359 g/mol. The molecule has 0 amide bonds. The van der Waals surface area contributed by atoms with Gasteiger partial charge in [0.2, 0.25) is 5.82 Å². The molecule has 1 N–H and O–H groups in total. The number of hydrogen-bond acceptors (Lipinski definition) is 3. The Hall–Kier alpha value is -2.24. The molecule has 0 aliphatic heterocycles. The van der Waals surface area contributed by atoms with E-state index in [9.17, 15) is 4.39 Å². The molecule has 1 aliphatic rings. The number of halogens is 2. The Bertz CT molecular complexity index is 844. The zero-order chi connectivity index (χ0) is 17.2. The first kappa shape index (κ1) is 16.2. The van der Waals surface area contributed by atoms with Crippen LogP contribution in [0.2, 0.25) is 5.02 Å². The number of hydrogen-bond donors (Lipinski definition) is 1. The number of nitrogens with one attached hydrogen (secondary N) is 1. The molecule has 3 aromatic rings. The second-order valence-corrected chi connectivity index (χ2v) is 6.87. The van der Waals surface area contributed by atoms with Crippen LogP contribution in [-0.4, -0.2) is 16.2 Å². The van der Waals surface area contributed by atoms with E-state index in [2.05, 4.69) is 10.1 Å². The molecule has 1 heterocycles. The van der Waals surface area contributed by atoms with Gasteiger partial charge in [0.25, 0.3) is 5.89 Å². The van der Waals surface area contributed by atoms with E-state index < -0.39 is 0 Å². The van der Waals surface area contributed by atoms with Crippen molar-refractivity contribution in [3.8, 4) is 11.4 Å². The Morgan fingerprint density at radius 2 is 1.76 bits per heavy atom. The van der Waals surface area contributed by atoms with Gasteiger partial charge < -0.3 is 9.42 Å². The van der Waals surface area contributed by atoms with Gasteiger partial charge in [0.05, 0.1) is 6.04 Å². The van der Waals surface area contributed by atoms with Crippen LogP contribution in [0.3, 0.4) is 0 Å². The van der Waals surface area contributed by atoms with Crippen LogP contribution < -0.4 is 4.90 Å². The molecule has 6 heteroatoms. The van der Waals surface area contributed by atoms with Crippen molar-refractivity contribution in [2.24, 2.45) is 0 Å². The Labute approximate surface area is 150 Å². The number of rotatable bonds is 6. The fraction of sp³-hybridized carbons (Fsp3) is 0.263. The minimum atomic E-state index is -0.207. The second kappa shape index (κ2) is 6.94. The first-order valence-corrected chi connectivity index (χ1v) is 8.73. The van der Waals surface area contributed by atoms with Gasteiger partial charge in [-0.15, -0.1) is 0 Å². The predicted octanol–water partition coefficient (Wildman–Crippen LogP) is 3.28. The maximum absolute atomic E-state index is 13.1. The van der Waals surface area contributed by atoms with Crippen molar-refractivity contribution in [1.29, 1.82) is 0 Å². The molecule has 0 radical (unpaired) electrons. The normalized spacial score (nSPS) is 15.3. The zero-order valence-electron chi connectivity index (χ0n) is 13.6. The van der Waals surface area contributed by atoms with Crippen molar-refractivity contribution in [3.05, 3.63) is 70.8 Å². The molecule has 0 saturated heterocycles. The highest BCUT2D eigenvalue weighted by Gasteiger charge is 2.34. The van der Waals surface area contributed by atoms with Gasteiger partial charge in [0.1, 0.15) is 12.4 Å². The minimum Gasteiger partial charge on any atom is -0.333 e. The van der Waals surface area contributed by atoms with Crippen LogP contribution >= 0.6 is 11.6 Å². The second-order valence-electron chi connectivity index (χ2n) is 6.43. The summed E-state index contributed by atoms with van der Waals surface area (Å²) in [6.45, 7) is 1.49. The number of aromatic nitrogens is 2. The average Bonchev–Trinajstić information content (AvgIpc) is 3.36. The molecule has 128 valence electrons. The third-order valence-electron chi connectivity index (χ3n) is 4.45. The van der Waals surface area contributed by atoms with Crippen molar-refractivity contribution >= 4 is 11.6 Å². The van der Waals surface area contributed by atoms with Crippen LogP contribution in [0.5, 0.6) is 0 Å². The number of quaternary nitrogens is 1. The fourth-order valence-corrected chi connectivity index (χ4v) is 3.07. The summed E-state index contributed by atoms with van der Waals surface area (Å²) in [6.07, 6.45) is 2.41. The van der Waals surface area contributed by atoms with Gasteiger partial charge in [-0.1, -0.05) is 28.9 Å². The van der Waals surface area contributed by atoms with Gasteiger partial charge in [0.15, 0.2) is 6.54 Å². The molecule has 0 bridgehead atoms. The summed E-state index contributed by atoms with van der Waals surface area (Å²) in [4.78, 5) is 5.89. The summed E-state index contributed by atoms with van der Waals surface area (Å²) in [7, 11) is 0. The van der Waals surface area contributed by atoms with Crippen LogP contribution in [0.4, 0.5) is 4.39 Å². The Morgan fingerprint density at radius 1 is 1.04 bits per heavy atom. The first-order chi connectivity index (χ1) is 12.2. The molecule has 1 aliphatic carbocycles. The van der Waals surface area contributed by atoms with Crippen LogP contribution in [0.1, 0.15) is 24.3 Å². The lowest BCUT2D eigenvalue weighted by atomic mass is 10.2. The van der Waals surface area contributed by atoms with Gasteiger partial charge in [-0.25, -0.2) is 4.39 Å². The van der Waals surface area contributed by atoms with E-state index in [1.807, 2.05) is 36.4 Å². The Balaban J connectivity index is 1.47. The lowest BCUT2D eigenvalue weighted by Gasteiger charge is -2.17. The van der Waals surface area contributed by atoms with Gasteiger partial charge in [0, 0.05) is 29.0 Å². The van der Waals surface area contributed by atoms with Crippen molar-refractivity contribution in [3.63, 3.8) is 0 Å². The van der Waals surface area contributed by atoms with Gasteiger partial charge in [-0.3, -0.25) is 0 Å². The summed E-state index contributed by atoms with van der Waals surface area (Å²) in [5.41, 5.74) is 1.99. The van der Waals surface area contributed by atoms with Crippen molar-refractivity contribution in [1.82, 2.24) is 10.1 Å². The van der Waals surface area contributed by atoms with E-state index in [0.717, 1.165) is 17.7 Å². The highest BCUT2D eigenvalue weighted by atomic mass is 35.5. The van der Waals surface area contributed by atoms with E-state index in [-0.39, 0.29) is 5.82 Å². The molecule has 0 spiro atoms. The topological polar surface area (TPSA) is 43.4 Å². The zero-order valence-corrected chi connectivity index (χ0v) is 14.3. The van der Waals surface area contributed by atoms with E-state index >= 15 is 0 Å². The third kappa shape index (κ3) is 4.06. The van der Waals surface area contributed by atoms with Crippen LogP contribution in [0.25, 0.3) is 11.4 Å². The summed E-state index contributed by atoms with van der Waals surface area (Å²) < 4.78 is 18.5. The molecular formula is C19H18ClFN3O+. The smallest absolute Gasteiger partial charge is 0.282 e.